The van der Waals surface area contributed by atoms with Crippen LogP contribution in [-0.2, 0) is 0 Å². The molecule has 0 saturated carbocycles. The highest BCUT2D eigenvalue weighted by molar-refractivity contribution is 9.10. The molecule has 0 saturated heterocycles. The molecule has 1 rings (SSSR count). The van der Waals surface area contributed by atoms with Gasteiger partial charge in [0.25, 0.3) is 5.91 Å². The number of aromatic nitrogens is 1. The van der Waals surface area contributed by atoms with Crippen molar-refractivity contribution >= 4 is 33.4 Å². The molecule has 0 aliphatic heterocycles. The lowest BCUT2D eigenvalue weighted by Crippen LogP contribution is -2.27. The van der Waals surface area contributed by atoms with Gasteiger partial charge in [-0.1, -0.05) is 17.7 Å². The van der Waals surface area contributed by atoms with Crippen molar-refractivity contribution in [1.82, 2.24) is 9.88 Å². The highest BCUT2D eigenvalue weighted by Crippen LogP contribution is 2.19. The standard InChI is InChI=1S/C10H10BrClN2O/c1-3-4-14(2)10(15)8-5-7(11)6-13-9(8)12/h3,5-6H,1,4H2,2H3. The van der Waals surface area contributed by atoms with Gasteiger partial charge in [-0.3, -0.25) is 4.79 Å². The minimum atomic E-state index is -0.172. The Morgan fingerprint density at radius 3 is 3.07 bits per heavy atom. The largest absolute Gasteiger partial charge is 0.338 e. The SMILES string of the molecule is C=CCN(C)C(=O)c1cc(Br)cnc1Cl. The van der Waals surface area contributed by atoms with Crippen molar-refractivity contribution in [1.29, 1.82) is 0 Å². The molecule has 1 heterocycles. The molecule has 0 aromatic carbocycles. The normalized spacial score (nSPS) is 9.80. The van der Waals surface area contributed by atoms with E-state index in [-0.39, 0.29) is 11.1 Å². The van der Waals surface area contributed by atoms with E-state index < -0.39 is 0 Å². The molecule has 0 N–H and O–H groups in total. The highest BCUT2D eigenvalue weighted by Gasteiger charge is 2.15. The maximum atomic E-state index is 11.8. The molecule has 1 aromatic rings. The molecule has 0 aliphatic rings. The Hall–Kier alpha value is -0.870. The first-order valence-corrected chi connectivity index (χ1v) is 5.40. The Kier molecular flexibility index (Phi) is 4.29. The Bertz CT molecular complexity index is 395. The molecule has 5 heteroatoms. The van der Waals surface area contributed by atoms with E-state index in [0.29, 0.717) is 12.1 Å². The van der Waals surface area contributed by atoms with Gasteiger partial charge in [0.1, 0.15) is 5.15 Å². The van der Waals surface area contributed by atoms with Crippen LogP contribution in [0.4, 0.5) is 0 Å². The quantitative estimate of drug-likeness (QED) is 0.633. The third-order valence-corrected chi connectivity index (χ3v) is 2.52. The summed E-state index contributed by atoms with van der Waals surface area (Å²) in [5, 5.41) is 0.208. The molecule has 0 aliphatic carbocycles. The van der Waals surface area contributed by atoms with Crippen LogP contribution in [0.3, 0.4) is 0 Å². The van der Waals surface area contributed by atoms with Crippen molar-refractivity contribution in [3.8, 4) is 0 Å². The van der Waals surface area contributed by atoms with Gasteiger partial charge in [0.15, 0.2) is 0 Å². The first-order chi connectivity index (χ1) is 7.06. The number of rotatable bonds is 3. The molecule has 0 atom stereocenters. The van der Waals surface area contributed by atoms with Crippen molar-refractivity contribution < 1.29 is 4.79 Å². The Labute approximate surface area is 102 Å². The number of pyridine rings is 1. The molecular formula is C10H10BrClN2O. The van der Waals surface area contributed by atoms with E-state index in [9.17, 15) is 4.79 Å². The molecule has 15 heavy (non-hydrogen) atoms. The molecule has 1 amide bonds. The number of likely N-dealkylation sites (N-methyl/N-ethyl adjacent to an activating group) is 1. The fourth-order valence-electron chi connectivity index (χ4n) is 1.05. The second kappa shape index (κ2) is 5.28. The summed E-state index contributed by atoms with van der Waals surface area (Å²) in [6.45, 7) is 4.04. The van der Waals surface area contributed by atoms with Crippen molar-refractivity contribution in [2.45, 2.75) is 0 Å². The van der Waals surface area contributed by atoms with Crippen LogP contribution >= 0.6 is 27.5 Å². The van der Waals surface area contributed by atoms with E-state index in [0.717, 1.165) is 4.47 Å². The van der Waals surface area contributed by atoms with Crippen LogP contribution in [0, 0.1) is 0 Å². The number of halogens is 2. The lowest BCUT2D eigenvalue weighted by Gasteiger charge is -2.15. The van der Waals surface area contributed by atoms with Gasteiger partial charge in [-0.2, -0.15) is 0 Å². The minimum Gasteiger partial charge on any atom is -0.338 e. The second-order valence-corrected chi connectivity index (χ2v) is 4.24. The zero-order valence-corrected chi connectivity index (χ0v) is 10.5. The topological polar surface area (TPSA) is 33.2 Å². The predicted octanol–water partition coefficient (Wildman–Crippen LogP) is 2.76. The molecule has 0 radical (unpaired) electrons. The molecule has 0 spiro atoms. The Morgan fingerprint density at radius 2 is 2.47 bits per heavy atom. The molecular weight excluding hydrogens is 279 g/mol. The summed E-state index contributed by atoms with van der Waals surface area (Å²) >= 11 is 9.07. The maximum Gasteiger partial charge on any atom is 0.257 e. The monoisotopic (exact) mass is 288 g/mol. The van der Waals surface area contributed by atoms with Crippen LogP contribution in [0.1, 0.15) is 10.4 Å². The van der Waals surface area contributed by atoms with Crippen molar-refractivity contribution in [3.05, 3.63) is 40.1 Å². The van der Waals surface area contributed by atoms with E-state index in [1.54, 1.807) is 25.4 Å². The van der Waals surface area contributed by atoms with Gasteiger partial charge in [0.05, 0.1) is 5.56 Å². The summed E-state index contributed by atoms with van der Waals surface area (Å²) in [4.78, 5) is 17.2. The van der Waals surface area contributed by atoms with Crippen LogP contribution in [-0.4, -0.2) is 29.4 Å². The van der Waals surface area contributed by atoms with Gasteiger partial charge in [-0.15, -0.1) is 6.58 Å². The van der Waals surface area contributed by atoms with E-state index in [1.807, 2.05) is 0 Å². The van der Waals surface area contributed by atoms with Crippen molar-refractivity contribution in [2.75, 3.05) is 13.6 Å². The van der Waals surface area contributed by atoms with Gasteiger partial charge in [0, 0.05) is 24.3 Å². The van der Waals surface area contributed by atoms with E-state index in [1.165, 1.54) is 4.90 Å². The number of nitrogens with zero attached hydrogens (tertiary/aromatic N) is 2. The number of carbonyl (C=O) groups excluding carboxylic acids is 1. The van der Waals surface area contributed by atoms with Gasteiger partial charge in [0.2, 0.25) is 0 Å². The van der Waals surface area contributed by atoms with Crippen molar-refractivity contribution in [3.63, 3.8) is 0 Å². The summed E-state index contributed by atoms with van der Waals surface area (Å²) in [6, 6.07) is 1.65. The molecule has 80 valence electrons. The fraction of sp³-hybridized carbons (Fsp3) is 0.200. The third kappa shape index (κ3) is 3.04. The van der Waals surface area contributed by atoms with Crippen LogP contribution in [0.15, 0.2) is 29.4 Å². The minimum absolute atomic E-state index is 0.172. The van der Waals surface area contributed by atoms with E-state index >= 15 is 0 Å². The molecule has 1 aromatic heterocycles. The van der Waals surface area contributed by atoms with Crippen LogP contribution in [0.5, 0.6) is 0 Å². The lowest BCUT2D eigenvalue weighted by molar-refractivity contribution is 0.0810. The zero-order chi connectivity index (χ0) is 11.4. The smallest absolute Gasteiger partial charge is 0.257 e. The van der Waals surface area contributed by atoms with Gasteiger partial charge >= 0.3 is 0 Å². The molecule has 0 bridgehead atoms. The molecule has 0 unspecified atom stereocenters. The summed E-state index contributed by atoms with van der Waals surface area (Å²) in [5.41, 5.74) is 0.385. The number of carbonyl (C=O) groups is 1. The Balaban J connectivity index is 2.99. The average molecular weight is 290 g/mol. The number of hydrogen-bond acceptors (Lipinski definition) is 2. The Morgan fingerprint density at radius 1 is 1.80 bits per heavy atom. The average Bonchev–Trinajstić information content (AvgIpc) is 2.21. The summed E-state index contributed by atoms with van der Waals surface area (Å²) in [6.07, 6.45) is 3.20. The highest BCUT2D eigenvalue weighted by atomic mass is 79.9. The molecule has 0 fully saturated rings. The van der Waals surface area contributed by atoms with Gasteiger partial charge in [-0.25, -0.2) is 4.98 Å². The summed E-state index contributed by atoms with van der Waals surface area (Å²) in [7, 11) is 1.68. The van der Waals surface area contributed by atoms with Crippen LogP contribution in [0.25, 0.3) is 0 Å². The fourth-order valence-corrected chi connectivity index (χ4v) is 1.57. The third-order valence-electron chi connectivity index (χ3n) is 1.79. The number of hydrogen-bond donors (Lipinski definition) is 0. The van der Waals surface area contributed by atoms with Gasteiger partial charge in [-0.05, 0) is 22.0 Å². The maximum absolute atomic E-state index is 11.8. The molecule has 3 nitrogen and oxygen atoms in total. The first kappa shape index (κ1) is 12.2. The summed E-state index contributed by atoms with van der Waals surface area (Å²) in [5.74, 6) is -0.172. The van der Waals surface area contributed by atoms with Crippen LogP contribution in [0.2, 0.25) is 5.15 Å². The van der Waals surface area contributed by atoms with E-state index in [2.05, 4.69) is 27.5 Å². The van der Waals surface area contributed by atoms with Crippen molar-refractivity contribution in [2.24, 2.45) is 0 Å². The van der Waals surface area contributed by atoms with E-state index in [4.69, 9.17) is 11.6 Å². The number of amides is 1. The summed E-state index contributed by atoms with van der Waals surface area (Å²) < 4.78 is 0.724. The predicted molar refractivity (Wildman–Crippen MR) is 64.1 cm³/mol. The van der Waals surface area contributed by atoms with Crippen LogP contribution < -0.4 is 0 Å². The lowest BCUT2D eigenvalue weighted by atomic mass is 10.2. The second-order valence-electron chi connectivity index (χ2n) is 2.97. The van der Waals surface area contributed by atoms with Gasteiger partial charge < -0.3 is 4.90 Å². The first-order valence-electron chi connectivity index (χ1n) is 4.23. The zero-order valence-electron chi connectivity index (χ0n) is 8.20.